The molecular weight excluding hydrogens is 346 g/mol. The number of carbonyl (C=O) groups excluding carboxylic acids is 2. The summed E-state index contributed by atoms with van der Waals surface area (Å²) in [6.07, 6.45) is 0. The van der Waals surface area contributed by atoms with Crippen LogP contribution in [0.5, 0.6) is 11.5 Å². The van der Waals surface area contributed by atoms with E-state index >= 15 is 0 Å². The lowest BCUT2D eigenvalue weighted by Gasteiger charge is -2.36. The predicted molar refractivity (Wildman–Crippen MR) is 102 cm³/mol. The third kappa shape index (κ3) is 4.69. The molecule has 1 aliphatic heterocycles. The first-order valence-electron chi connectivity index (χ1n) is 8.76. The summed E-state index contributed by atoms with van der Waals surface area (Å²) >= 11 is 0. The van der Waals surface area contributed by atoms with Crippen LogP contribution in [-0.2, 0) is 4.79 Å². The monoisotopic (exact) mass is 369 g/mol. The second-order valence-corrected chi connectivity index (χ2v) is 6.26. The average molecular weight is 369 g/mol. The Balaban J connectivity index is 1.55. The fraction of sp³-hybridized carbons (Fsp3) is 0.300. The molecule has 0 aromatic heterocycles. The fourth-order valence-corrected chi connectivity index (χ4v) is 2.99. The number of methoxy groups -OCH3 is 1. The zero-order valence-corrected chi connectivity index (χ0v) is 15.3. The van der Waals surface area contributed by atoms with E-state index in [1.165, 1.54) is 0 Å². The number of benzene rings is 2. The number of nitrogens with two attached hydrogens (primary N) is 1. The molecule has 2 aromatic rings. The summed E-state index contributed by atoms with van der Waals surface area (Å²) in [6, 6.07) is 14.7. The van der Waals surface area contributed by atoms with Crippen molar-refractivity contribution in [3.05, 3.63) is 54.1 Å². The van der Waals surface area contributed by atoms with Gasteiger partial charge in [0.1, 0.15) is 11.5 Å². The molecule has 2 N–H and O–H groups in total. The minimum Gasteiger partial charge on any atom is -0.497 e. The first-order chi connectivity index (χ1) is 13.1. The Morgan fingerprint density at radius 2 is 1.52 bits per heavy atom. The highest BCUT2D eigenvalue weighted by Crippen LogP contribution is 2.21. The van der Waals surface area contributed by atoms with Gasteiger partial charge in [0.25, 0.3) is 11.8 Å². The number of piperazine rings is 1. The Morgan fingerprint density at radius 1 is 0.926 bits per heavy atom. The minimum atomic E-state index is -0.537. The highest BCUT2D eigenvalue weighted by atomic mass is 16.5. The Morgan fingerprint density at radius 3 is 2.07 bits per heavy atom. The van der Waals surface area contributed by atoms with E-state index in [9.17, 15) is 9.59 Å². The van der Waals surface area contributed by atoms with Crippen LogP contribution in [0.2, 0.25) is 0 Å². The first kappa shape index (κ1) is 18.6. The topological polar surface area (TPSA) is 85.1 Å². The molecule has 142 valence electrons. The van der Waals surface area contributed by atoms with Crippen molar-refractivity contribution >= 4 is 17.5 Å². The molecular formula is C20H23N3O4. The van der Waals surface area contributed by atoms with Gasteiger partial charge in [0.15, 0.2) is 6.61 Å². The summed E-state index contributed by atoms with van der Waals surface area (Å²) < 4.78 is 10.4. The van der Waals surface area contributed by atoms with Gasteiger partial charge in [-0.2, -0.15) is 0 Å². The quantitative estimate of drug-likeness (QED) is 0.835. The summed E-state index contributed by atoms with van der Waals surface area (Å²) in [7, 11) is 1.65. The number of primary amides is 1. The van der Waals surface area contributed by atoms with E-state index in [2.05, 4.69) is 4.90 Å². The number of hydrogen-bond donors (Lipinski definition) is 1. The summed E-state index contributed by atoms with van der Waals surface area (Å²) in [4.78, 5) is 27.5. The number of rotatable bonds is 6. The summed E-state index contributed by atoms with van der Waals surface area (Å²) in [5, 5.41) is 0. The molecule has 27 heavy (non-hydrogen) atoms. The molecule has 1 aliphatic rings. The van der Waals surface area contributed by atoms with Crippen LogP contribution in [-0.4, -0.2) is 56.6 Å². The van der Waals surface area contributed by atoms with Crippen molar-refractivity contribution in [2.75, 3.05) is 44.8 Å². The standard InChI is InChI=1S/C20H23N3O4/c1-26-17-8-4-16(5-9-17)22-10-12-23(13-11-22)20(25)15-2-6-18(7-3-15)27-14-19(21)24/h2-9H,10-14H2,1H3,(H2,21,24). The third-order valence-corrected chi connectivity index (χ3v) is 4.49. The normalized spacial score (nSPS) is 14.0. The van der Waals surface area contributed by atoms with Crippen LogP contribution in [0.3, 0.4) is 0 Å². The molecule has 1 saturated heterocycles. The van der Waals surface area contributed by atoms with E-state index in [0.29, 0.717) is 24.4 Å². The SMILES string of the molecule is COc1ccc(N2CCN(C(=O)c3ccc(OCC(N)=O)cc3)CC2)cc1. The third-order valence-electron chi connectivity index (χ3n) is 4.49. The molecule has 0 unspecified atom stereocenters. The van der Waals surface area contributed by atoms with Gasteiger partial charge in [-0.3, -0.25) is 9.59 Å². The molecule has 7 nitrogen and oxygen atoms in total. The summed E-state index contributed by atoms with van der Waals surface area (Å²) in [5.41, 5.74) is 6.77. The molecule has 7 heteroatoms. The summed E-state index contributed by atoms with van der Waals surface area (Å²) in [6.45, 7) is 2.69. The second-order valence-electron chi connectivity index (χ2n) is 6.26. The fourth-order valence-electron chi connectivity index (χ4n) is 2.99. The number of nitrogens with zero attached hydrogens (tertiary/aromatic N) is 2. The van der Waals surface area contributed by atoms with E-state index in [1.807, 2.05) is 29.2 Å². The maximum absolute atomic E-state index is 12.7. The number of ether oxygens (including phenoxy) is 2. The van der Waals surface area contributed by atoms with Gasteiger partial charge in [0.05, 0.1) is 7.11 Å². The molecule has 1 heterocycles. The molecule has 2 amide bonds. The van der Waals surface area contributed by atoms with Crippen molar-refractivity contribution < 1.29 is 19.1 Å². The largest absolute Gasteiger partial charge is 0.497 e. The average Bonchev–Trinajstić information content (AvgIpc) is 2.72. The van der Waals surface area contributed by atoms with Crippen molar-refractivity contribution in [2.24, 2.45) is 5.73 Å². The van der Waals surface area contributed by atoms with Crippen LogP contribution in [0.1, 0.15) is 10.4 Å². The maximum atomic E-state index is 12.7. The highest BCUT2D eigenvalue weighted by Gasteiger charge is 2.22. The maximum Gasteiger partial charge on any atom is 0.255 e. The van der Waals surface area contributed by atoms with Crippen LogP contribution in [0.25, 0.3) is 0 Å². The minimum absolute atomic E-state index is 0.00849. The number of anilines is 1. The Bertz CT molecular complexity index is 782. The molecule has 0 saturated carbocycles. The van der Waals surface area contributed by atoms with Crippen molar-refractivity contribution in [3.63, 3.8) is 0 Å². The zero-order chi connectivity index (χ0) is 19.2. The van der Waals surface area contributed by atoms with Crippen LogP contribution >= 0.6 is 0 Å². The van der Waals surface area contributed by atoms with Gasteiger partial charge in [0, 0.05) is 37.4 Å². The molecule has 0 aliphatic carbocycles. The number of hydrogen-bond acceptors (Lipinski definition) is 5. The number of carbonyl (C=O) groups is 2. The zero-order valence-electron chi connectivity index (χ0n) is 15.3. The van der Waals surface area contributed by atoms with Gasteiger partial charge in [-0.15, -0.1) is 0 Å². The lowest BCUT2D eigenvalue weighted by molar-refractivity contribution is -0.119. The van der Waals surface area contributed by atoms with E-state index in [-0.39, 0.29) is 12.5 Å². The van der Waals surface area contributed by atoms with Crippen molar-refractivity contribution in [1.82, 2.24) is 4.90 Å². The van der Waals surface area contributed by atoms with Gasteiger partial charge >= 0.3 is 0 Å². The van der Waals surface area contributed by atoms with Gasteiger partial charge in [0.2, 0.25) is 0 Å². The molecule has 3 rings (SSSR count). The van der Waals surface area contributed by atoms with Crippen LogP contribution in [0.15, 0.2) is 48.5 Å². The van der Waals surface area contributed by atoms with Crippen molar-refractivity contribution in [1.29, 1.82) is 0 Å². The van der Waals surface area contributed by atoms with E-state index in [1.54, 1.807) is 31.4 Å². The Kier molecular flexibility index (Phi) is 5.80. The summed E-state index contributed by atoms with van der Waals surface area (Å²) in [5.74, 6) is 0.793. The smallest absolute Gasteiger partial charge is 0.255 e. The van der Waals surface area contributed by atoms with E-state index < -0.39 is 5.91 Å². The van der Waals surface area contributed by atoms with Gasteiger partial charge < -0.3 is 25.0 Å². The molecule has 2 aromatic carbocycles. The lowest BCUT2D eigenvalue weighted by atomic mass is 10.1. The van der Waals surface area contributed by atoms with Gasteiger partial charge in [-0.05, 0) is 48.5 Å². The first-order valence-corrected chi connectivity index (χ1v) is 8.76. The molecule has 0 spiro atoms. The van der Waals surface area contributed by atoms with Crippen molar-refractivity contribution in [3.8, 4) is 11.5 Å². The van der Waals surface area contributed by atoms with E-state index in [0.717, 1.165) is 24.5 Å². The van der Waals surface area contributed by atoms with Crippen molar-refractivity contribution in [2.45, 2.75) is 0 Å². The van der Waals surface area contributed by atoms with Crippen LogP contribution in [0.4, 0.5) is 5.69 Å². The lowest BCUT2D eigenvalue weighted by Crippen LogP contribution is -2.48. The molecule has 0 radical (unpaired) electrons. The van der Waals surface area contributed by atoms with Gasteiger partial charge in [-0.1, -0.05) is 0 Å². The number of amides is 2. The molecule has 0 atom stereocenters. The second kappa shape index (κ2) is 8.44. The van der Waals surface area contributed by atoms with Crippen LogP contribution < -0.4 is 20.1 Å². The Hall–Kier alpha value is -3.22. The molecule has 0 bridgehead atoms. The molecule has 1 fully saturated rings. The van der Waals surface area contributed by atoms with Crippen LogP contribution in [0, 0.1) is 0 Å². The highest BCUT2D eigenvalue weighted by molar-refractivity contribution is 5.94. The van der Waals surface area contributed by atoms with Gasteiger partial charge in [-0.25, -0.2) is 0 Å². The predicted octanol–water partition coefficient (Wildman–Crippen LogP) is 1.52. The van der Waals surface area contributed by atoms with E-state index in [4.69, 9.17) is 15.2 Å². The Labute approximate surface area is 158 Å².